The zero-order valence-electron chi connectivity index (χ0n) is 16.8. The second-order valence-corrected chi connectivity index (χ2v) is 7.13. The highest BCUT2D eigenvalue weighted by atomic mass is 19.1. The van der Waals surface area contributed by atoms with Crippen molar-refractivity contribution < 1.29 is 13.9 Å². The molecule has 0 atom stereocenters. The Labute approximate surface area is 177 Å². The number of nitrogens with zero attached hydrogens (tertiary/aromatic N) is 5. The van der Waals surface area contributed by atoms with Crippen LogP contribution in [0.5, 0.6) is 5.75 Å². The van der Waals surface area contributed by atoms with E-state index in [4.69, 9.17) is 4.42 Å². The third kappa shape index (κ3) is 4.86. The molecule has 4 rings (SSSR count). The van der Waals surface area contributed by atoms with Gasteiger partial charge in [-0.15, -0.1) is 4.91 Å². The molecule has 1 fully saturated rings. The number of benzene rings is 1. The van der Waals surface area contributed by atoms with Crippen LogP contribution in [0.4, 0.5) is 27.6 Å². The van der Waals surface area contributed by atoms with Crippen molar-refractivity contribution in [3.8, 4) is 5.75 Å². The summed E-state index contributed by atoms with van der Waals surface area (Å²) in [6.07, 6.45) is 3.16. The van der Waals surface area contributed by atoms with Crippen LogP contribution < -0.4 is 10.2 Å². The monoisotopic (exact) mass is 424 g/mol. The Bertz CT molecular complexity index is 1090. The highest BCUT2D eigenvalue weighted by molar-refractivity contribution is 5.68. The van der Waals surface area contributed by atoms with Crippen molar-refractivity contribution in [3.63, 3.8) is 0 Å². The molecule has 1 aliphatic heterocycles. The molecule has 9 nitrogen and oxygen atoms in total. The van der Waals surface area contributed by atoms with E-state index in [2.05, 4.69) is 25.4 Å². The van der Waals surface area contributed by atoms with E-state index in [0.29, 0.717) is 24.5 Å². The molecule has 2 aromatic heterocycles. The molecule has 0 unspecified atom stereocenters. The number of nitrogens with one attached hydrogen (secondary N) is 1. The predicted octanol–water partition coefficient (Wildman–Crippen LogP) is 3.98. The van der Waals surface area contributed by atoms with E-state index in [0.717, 1.165) is 13.1 Å². The summed E-state index contributed by atoms with van der Waals surface area (Å²) < 4.78 is 20.6. The van der Waals surface area contributed by atoms with Crippen LogP contribution in [0.15, 0.2) is 46.0 Å². The predicted molar refractivity (Wildman–Crippen MR) is 116 cm³/mol. The Morgan fingerprint density at radius 3 is 2.52 bits per heavy atom. The van der Waals surface area contributed by atoms with Gasteiger partial charge >= 0.3 is 0 Å². The summed E-state index contributed by atoms with van der Waals surface area (Å²) in [6.45, 7) is 2.87. The number of phenols is 1. The number of piperazine rings is 1. The van der Waals surface area contributed by atoms with Crippen molar-refractivity contribution in [1.82, 2.24) is 14.9 Å². The molecule has 2 N–H and O–H groups in total. The number of aromatic nitrogens is 2. The Hall–Kier alpha value is -3.79. The van der Waals surface area contributed by atoms with Crippen LogP contribution in [0.3, 0.4) is 0 Å². The van der Waals surface area contributed by atoms with E-state index in [-0.39, 0.29) is 29.1 Å². The first kappa shape index (κ1) is 20.5. The highest BCUT2D eigenvalue weighted by Crippen LogP contribution is 2.27. The summed E-state index contributed by atoms with van der Waals surface area (Å²) in [5, 5.41) is 15.2. The number of hydrogen-bond acceptors (Lipinski definition) is 9. The average Bonchev–Trinajstić information content (AvgIpc) is 3.24. The summed E-state index contributed by atoms with van der Waals surface area (Å²) in [5.74, 6) is 0.416. The fraction of sp³-hybridized carbons (Fsp3) is 0.238. The molecule has 3 aromatic rings. The normalized spacial score (nSPS) is 14.8. The Kier molecular flexibility index (Phi) is 5.89. The molecule has 0 aliphatic carbocycles. The van der Waals surface area contributed by atoms with E-state index in [1.54, 1.807) is 30.4 Å². The summed E-state index contributed by atoms with van der Waals surface area (Å²) in [4.78, 5) is 23.3. The quantitative estimate of drug-likeness (QED) is 0.452. The number of phenolic OH excluding ortho intramolecular Hbond substituents is 1. The van der Waals surface area contributed by atoms with Crippen LogP contribution in [0, 0.1) is 10.7 Å². The number of halogens is 1. The first-order valence-corrected chi connectivity index (χ1v) is 9.70. The number of anilines is 3. The van der Waals surface area contributed by atoms with Gasteiger partial charge in [-0.1, -0.05) is 0 Å². The molecule has 3 heterocycles. The molecule has 0 radical (unpaired) electrons. The number of nitroso groups, excluding NO2 is 1. The Morgan fingerprint density at radius 1 is 1.10 bits per heavy atom. The van der Waals surface area contributed by atoms with E-state index >= 15 is 4.39 Å². The first-order chi connectivity index (χ1) is 15.0. The van der Waals surface area contributed by atoms with Crippen molar-refractivity contribution in [1.29, 1.82) is 0 Å². The average molecular weight is 424 g/mol. The zero-order valence-corrected chi connectivity index (χ0v) is 16.8. The first-order valence-electron chi connectivity index (χ1n) is 9.70. The lowest BCUT2D eigenvalue weighted by Gasteiger charge is -2.33. The van der Waals surface area contributed by atoms with Gasteiger partial charge in [-0.05, 0) is 49.5 Å². The Balaban J connectivity index is 1.68. The van der Waals surface area contributed by atoms with Gasteiger partial charge in [-0.2, -0.15) is 4.39 Å². The SMILES string of the molecule is CN1CCN(c2nc(/C=C/c3ccc(N=O)o3)nc(Nc3ccc(O)cc3)c2F)CC1. The third-order valence-electron chi connectivity index (χ3n) is 4.88. The van der Waals surface area contributed by atoms with Gasteiger partial charge in [0.1, 0.15) is 11.5 Å². The van der Waals surface area contributed by atoms with E-state index < -0.39 is 5.82 Å². The molecule has 0 spiro atoms. The fourth-order valence-corrected chi connectivity index (χ4v) is 3.16. The third-order valence-corrected chi connectivity index (χ3v) is 4.88. The largest absolute Gasteiger partial charge is 0.508 e. The summed E-state index contributed by atoms with van der Waals surface area (Å²) in [5.41, 5.74) is 0.572. The Morgan fingerprint density at radius 2 is 1.84 bits per heavy atom. The van der Waals surface area contributed by atoms with Gasteiger partial charge in [0.25, 0.3) is 5.88 Å². The molecule has 0 bridgehead atoms. The van der Waals surface area contributed by atoms with E-state index in [1.165, 1.54) is 18.2 Å². The van der Waals surface area contributed by atoms with Crippen LogP contribution in [0.1, 0.15) is 11.6 Å². The van der Waals surface area contributed by atoms with Gasteiger partial charge in [-0.3, -0.25) is 0 Å². The van der Waals surface area contributed by atoms with Crippen molar-refractivity contribution in [2.45, 2.75) is 0 Å². The van der Waals surface area contributed by atoms with Crippen molar-refractivity contribution >= 4 is 35.4 Å². The maximum atomic E-state index is 15.3. The molecule has 31 heavy (non-hydrogen) atoms. The molecule has 1 saturated heterocycles. The second kappa shape index (κ2) is 8.92. The maximum Gasteiger partial charge on any atom is 0.260 e. The van der Waals surface area contributed by atoms with Gasteiger partial charge in [0.05, 0.1) is 0 Å². The summed E-state index contributed by atoms with van der Waals surface area (Å²) in [6, 6.07) is 9.29. The van der Waals surface area contributed by atoms with Crippen LogP contribution in [0.2, 0.25) is 0 Å². The van der Waals surface area contributed by atoms with Gasteiger partial charge in [-0.25, -0.2) is 9.97 Å². The minimum atomic E-state index is -0.555. The topological polar surface area (TPSA) is 107 Å². The van der Waals surface area contributed by atoms with Gasteiger partial charge in [0.15, 0.2) is 17.5 Å². The molecular formula is C21H21FN6O3. The number of rotatable bonds is 6. The van der Waals surface area contributed by atoms with Gasteiger partial charge in [0, 0.05) is 43.1 Å². The van der Waals surface area contributed by atoms with Crippen LogP contribution >= 0.6 is 0 Å². The van der Waals surface area contributed by atoms with Crippen LogP contribution in [-0.4, -0.2) is 53.2 Å². The number of aromatic hydroxyl groups is 1. The number of likely N-dealkylation sites (N-methyl/N-ethyl adjacent to an activating group) is 1. The van der Waals surface area contributed by atoms with Crippen LogP contribution in [-0.2, 0) is 0 Å². The van der Waals surface area contributed by atoms with Gasteiger partial charge < -0.3 is 24.6 Å². The van der Waals surface area contributed by atoms with Crippen molar-refractivity contribution in [2.75, 3.05) is 43.4 Å². The second-order valence-electron chi connectivity index (χ2n) is 7.13. The summed E-state index contributed by atoms with van der Waals surface area (Å²) in [7, 11) is 2.02. The summed E-state index contributed by atoms with van der Waals surface area (Å²) >= 11 is 0. The molecule has 160 valence electrons. The fourth-order valence-electron chi connectivity index (χ4n) is 3.16. The zero-order chi connectivity index (χ0) is 21.8. The van der Waals surface area contributed by atoms with Crippen LogP contribution in [0.25, 0.3) is 12.2 Å². The lowest BCUT2D eigenvalue weighted by Crippen LogP contribution is -2.45. The molecular weight excluding hydrogens is 403 g/mol. The van der Waals surface area contributed by atoms with E-state index in [9.17, 15) is 10.0 Å². The lowest BCUT2D eigenvalue weighted by molar-refractivity contribution is 0.310. The van der Waals surface area contributed by atoms with E-state index in [1.807, 2.05) is 11.9 Å². The van der Waals surface area contributed by atoms with Crippen molar-refractivity contribution in [3.05, 3.63) is 58.7 Å². The minimum absolute atomic E-state index is 0.0176. The highest BCUT2D eigenvalue weighted by Gasteiger charge is 2.22. The number of furan rings is 1. The maximum absolute atomic E-state index is 15.3. The molecule has 10 heteroatoms. The minimum Gasteiger partial charge on any atom is -0.508 e. The molecule has 0 saturated carbocycles. The van der Waals surface area contributed by atoms with Gasteiger partial charge in [0.2, 0.25) is 5.82 Å². The molecule has 1 aromatic carbocycles. The molecule has 0 amide bonds. The molecule has 1 aliphatic rings. The lowest BCUT2D eigenvalue weighted by atomic mass is 10.3. The number of hydrogen-bond donors (Lipinski definition) is 2. The smallest absolute Gasteiger partial charge is 0.260 e. The van der Waals surface area contributed by atoms with Crippen molar-refractivity contribution in [2.24, 2.45) is 5.18 Å². The standard InChI is InChI=1S/C21H21FN6O3/c1-27-10-12-28(13-11-27)21-19(22)20(23-14-2-4-15(29)5-3-14)24-17(25-21)8-6-16-7-9-18(26-30)31-16/h2-9,29H,10-13H2,1H3,(H,23,24,25)/b8-6+.